The monoisotopic (exact) mass is 655 g/mol. The molecule has 6 rings (SSSR count). The Morgan fingerprint density at radius 2 is 1.93 bits per heavy atom. The van der Waals surface area contributed by atoms with Crippen molar-refractivity contribution in [3.05, 3.63) is 16.1 Å². The van der Waals surface area contributed by atoms with Gasteiger partial charge >= 0.3 is 12.1 Å². The van der Waals surface area contributed by atoms with Gasteiger partial charge in [0, 0.05) is 26.1 Å². The molecule has 0 saturated carbocycles. The van der Waals surface area contributed by atoms with Crippen molar-refractivity contribution in [2.45, 2.75) is 88.7 Å². The van der Waals surface area contributed by atoms with E-state index in [-0.39, 0.29) is 47.2 Å². The Labute approximate surface area is 251 Å². The lowest BCUT2D eigenvalue weighted by Crippen LogP contribution is -2.63. The van der Waals surface area contributed by atoms with Gasteiger partial charge in [0.1, 0.15) is 29.7 Å². The average molecular weight is 657 g/mol. The predicted molar refractivity (Wildman–Crippen MR) is 154 cm³/mol. The van der Waals surface area contributed by atoms with Gasteiger partial charge in [-0.2, -0.15) is 9.97 Å². The zero-order valence-corrected chi connectivity index (χ0v) is 26.2. The lowest BCUT2D eigenvalue weighted by atomic mass is 9.95. The van der Waals surface area contributed by atoms with E-state index in [1.807, 2.05) is 32.6 Å². The number of benzene rings is 1. The number of hydrogen-bond donors (Lipinski definition) is 0. The summed E-state index contributed by atoms with van der Waals surface area (Å²) in [6.45, 7) is 9.51. The third-order valence-corrected chi connectivity index (χ3v) is 9.84. The topological polar surface area (TPSA) is 80.3 Å². The van der Waals surface area contributed by atoms with Crippen molar-refractivity contribution >= 4 is 38.7 Å². The molecule has 0 aliphatic carbocycles. The number of anilines is 1. The van der Waals surface area contributed by atoms with Crippen molar-refractivity contribution in [3.8, 4) is 11.8 Å². The minimum Gasteiger partial charge on any atom is -0.493 e. The third-order valence-electron chi connectivity index (χ3n) is 9.14. The maximum absolute atomic E-state index is 15.6. The van der Waals surface area contributed by atoms with E-state index in [9.17, 15) is 9.18 Å². The molecule has 0 radical (unpaired) electrons. The first-order valence-electron chi connectivity index (χ1n) is 14.5. The van der Waals surface area contributed by atoms with Gasteiger partial charge in [-0.1, -0.05) is 0 Å². The zero-order chi connectivity index (χ0) is 30.2. The Balaban J connectivity index is 1.40. The van der Waals surface area contributed by atoms with E-state index in [4.69, 9.17) is 19.2 Å². The first-order valence-corrected chi connectivity index (χ1v) is 15.3. The van der Waals surface area contributed by atoms with Crippen LogP contribution in [0.5, 0.6) is 11.8 Å². The summed E-state index contributed by atoms with van der Waals surface area (Å²) in [5.41, 5.74) is -1.86. The summed E-state index contributed by atoms with van der Waals surface area (Å²) in [4.78, 5) is 28.2. The summed E-state index contributed by atoms with van der Waals surface area (Å²) >= 11 is 3.01. The molecule has 4 fully saturated rings. The number of fused-ring (bicyclic) bond motifs is 4. The first-order chi connectivity index (χ1) is 19.7. The quantitative estimate of drug-likeness (QED) is 0.385. The van der Waals surface area contributed by atoms with E-state index in [0.717, 1.165) is 32.2 Å². The Bertz CT molecular complexity index is 1430. The molecule has 1 aromatic carbocycles. The highest BCUT2D eigenvalue weighted by Crippen LogP contribution is 2.46. The molecule has 5 heterocycles. The SMILES string of the molecule is COc1c(F)c(Br)c(F)c2nc(OC[C@@]34CCCN3C[C@H](F)C4)nc(N3CC4CCC(C)(C3)N4C(=O)OC(C)(C)C)c12. The lowest BCUT2D eigenvalue weighted by Gasteiger charge is -2.47. The second-order valence-electron chi connectivity index (χ2n) is 13.3. The highest BCUT2D eigenvalue weighted by molar-refractivity contribution is 9.10. The number of carbonyl (C=O) groups excluding carboxylic acids is 1. The molecule has 4 atom stereocenters. The van der Waals surface area contributed by atoms with Crippen molar-refractivity contribution in [3.63, 3.8) is 0 Å². The van der Waals surface area contributed by atoms with Crippen molar-refractivity contribution in [2.24, 2.45) is 0 Å². The summed E-state index contributed by atoms with van der Waals surface area (Å²) in [5, 5.41) is 0.0853. The van der Waals surface area contributed by atoms with E-state index >= 15 is 8.78 Å². The van der Waals surface area contributed by atoms with E-state index in [1.165, 1.54) is 7.11 Å². The molecule has 230 valence electrons. The molecule has 42 heavy (non-hydrogen) atoms. The Morgan fingerprint density at radius 3 is 2.62 bits per heavy atom. The van der Waals surface area contributed by atoms with Crippen molar-refractivity contribution in [2.75, 3.05) is 44.8 Å². The molecule has 4 saturated heterocycles. The predicted octanol–water partition coefficient (Wildman–Crippen LogP) is 5.61. The van der Waals surface area contributed by atoms with Crippen LogP contribution in [0.4, 0.5) is 23.8 Å². The van der Waals surface area contributed by atoms with Crippen LogP contribution in [-0.2, 0) is 4.74 Å². The van der Waals surface area contributed by atoms with Crippen LogP contribution >= 0.6 is 15.9 Å². The second kappa shape index (κ2) is 10.3. The average Bonchev–Trinajstić information content (AvgIpc) is 3.50. The number of alkyl halides is 1. The molecule has 4 aliphatic heterocycles. The van der Waals surface area contributed by atoms with Crippen LogP contribution in [0.15, 0.2) is 4.47 Å². The number of piperazine rings is 1. The van der Waals surface area contributed by atoms with Crippen molar-refractivity contribution in [1.29, 1.82) is 0 Å². The van der Waals surface area contributed by atoms with Crippen LogP contribution in [0.2, 0.25) is 0 Å². The molecular formula is C29H37BrF3N5O4. The molecular weight excluding hydrogens is 619 g/mol. The molecule has 0 N–H and O–H groups in total. The number of ether oxygens (including phenoxy) is 3. The second-order valence-corrected chi connectivity index (χ2v) is 14.1. The molecule has 2 aromatic rings. The molecule has 2 bridgehead atoms. The molecule has 1 aromatic heterocycles. The van der Waals surface area contributed by atoms with Gasteiger partial charge in [0.25, 0.3) is 0 Å². The Hall–Kier alpha value is -2.54. The van der Waals surface area contributed by atoms with E-state index in [0.29, 0.717) is 26.1 Å². The Kier molecular flexibility index (Phi) is 7.23. The number of aromatic nitrogens is 2. The maximum Gasteiger partial charge on any atom is 0.411 e. The molecule has 13 heteroatoms. The fourth-order valence-corrected chi connectivity index (χ4v) is 7.78. The van der Waals surface area contributed by atoms with Gasteiger partial charge in [-0.15, -0.1) is 0 Å². The van der Waals surface area contributed by atoms with Crippen molar-refractivity contribution in [1.82, 2.24) is 19.8 Å². The minimum absolute atomic E-state index is 0.0763. The largest absolute Gasteiger partial charge is 0.493 e. The number of methoxy groups -OCH3 is 1. The van der Waals surface area contributed by atoms with Crippen molar-refractivity contribution < 1.29 is 32.2 Å². The van der Waals surface area contributed by atoms with Crippen LogP contribution in [0.1, 0.15) is 59.8 Å². The highest BCUT2D eigenvalue weighted by Gasteiger charge is 2.53. The molecule has 1 amide bonds. The van der Waals surface area contributed by atoms with Gasteiger partial charge in [-0.05, 0) is 75.9 Å². The number of amides is 1. The van der Waals surface area contributed by atoms with Gasteiger partial charge in [-0.25, -0.2) is 18.0 Å². The number of hydrogen-bond acceptors (Lipinski definition) is 8. The summed E-state index contributed by atoms with van der Waals surface area (Å²) in [6.07, 6.45) is 2.25. The number of halogens is 4. The Morgan fingerprint density at radius 1 is 1.17 bits per heavy atom. The van der Waals surface area contributed by atoms with Crippen LogP contribution < -0.4 is 14.4 Å². The summed E-state index contributed by atoms with van der Waals surface area (Å²) in [6, 6.07) is -0.275. The van der Waals surface area contributed by atoms with Gasteiger partial charge in [0.15, 0.2) is 17.4 Å². The van der Waals surface area contributed by atoms with E-state index in [2.05, 4.69) is 25.8 Å². The highest BCUT2D eigenvalue weighted by atomic mass is 79.9. The number of nitrogens with zero attached hydrogens (tertiary/aromatic N) is 5. The molecule has 4 aliphatic rings. The number of rotatable bonds is 5. The van der Waals surface area contributed by atoms with Gasteiger partial charge < -0.3 is 19.1 Å². The fraction of sp³-hybridized carbons (Fsp3) is 0.690. The standard InChI is InChI=1S/C29H37BrF3N5O4/c1-27(2,3)42-26(39)38-17-7-9-28(38,4)14-36(13-17)24-18-22(20(32)19(30)21(33)23(18)40-5)34-25(35-24)41-15-29-8-6-10-37(29)12-16(31)11-29/h16-17H,6-15H2,1-5H3/t16-,17?,28?,29+/m1/s1. The maximum atomic E-state index is 15.6. The molecule has 0 spiro atoms. The fourth-order valence-electron chi connectivity index (χ4n) is 7.41. The zero-order valence-electron chi connectivity index (χ0n) is 24.6. The van der Waals surface area contributed by atoms with Crippen LogP contribution in [0.25, 0.3) is 10.9 Å². The molecule has 9 nitrogen and oxygen atoms in total. The lowest BCUT2D eigenvalue weighted by molar-refractivity contribution is -0.00281. The minimum atomic E-state index is -0.930. The van der Waals surface area contributed by atoms with Crippen LogP contribution in [0, 0.1) is 11.6 Å². The molecule has 2 unspecified atom stereocenters. The van der Waals surface area contributed by atoms with Gasteiger partial charge in [0.05, 0.1) is 34.1 Å². The normalized spacial score (nSPS) is 29.4. The smallest absolute Gasteiger partial charge is 0.411 e. The summed E-state index contributed by atoms with van der Waals surface area (Å²) in [7, 11) is 1.31. The third kappa shape index (κ3) is 4.84. The first kappa shape index (κ1) is 29.5. The number of carbonyl (C=O) groups is 1. The van der Waals surface area contributed by atoms with Gasteiger partial charge in [0.2, 0.25) is 0 Å². The summed E-state index contributed by atoms with van der Waals surface area (Å²) < 4.78 is 62.2. The summed E-state index contributed by atoms with van der Waals surface area (Å²) in [5.74, 6) is -1.73. The van der Waals surface area contributed by atoms with Crippen LogP contribution in [0.3, 0.4) is 0 Å². The van der Waals surface area contributed by atoms with E-state index < -0.39 is 39.0 Å². The van der Waals surface area contributed by atoms with Gasteiger partial charge in [-0.3, -0.25) is 9.80 Å². The van der Waals surface area contributed by atoms with E-state index in [1.54, 1.807) is 4.90 Å². The van der Waals surface area contributed by atoms with Crippen LogP contribution in [-0.4, -0.2) is 94.6 Å².